The SMILES string of the molecule is COc1ccc(C(=O)Nc2ccc(-c3cccc(C(N)=O)c3)cc2)cc1CCCN(C)C.Cl. The van der Waals surface area contributed by atoms with E-state index in [1.54, 1.807) is 31.4 Å². The molecule has 0 fully saturated rings. The summed E-state index contributed by atoms with van der Waals surface area (Å²) in [6.07, 6.45) is 1.81. The Hall–Kier alpha value is -3.35. The largest absolute Gasteiger partial charge is 0.496 e. The molecule has 3 N–H and O–H groups in total. The number of nitrogens with two attached hydrogens (primary N) is 1. The van der Waals surface area contributed by atoms with Crippen LogP contribution in [-0.4, -0.2) is 44.5 Å². The van der Waals surface area contributed by atoms with E-state index in [9.17, 15) is 9.59 Å². The van der Waals surface area contributed by atoms with Crippen LogP contribution in [-0.2, 0) is 6.42 Å². The zero-order valence-electron chi connectivity index (χ0n) is 19.1. The molecule has 0 aromatic heterocycles. The Bertz CT molecular complexity index is 1100. The average Bonchev–Trinajstić information content (AvgIpc) is 2.79. The molecule has 0 radical (unpaired) electrons. The van der Waals surface area contributed by atoms with Crippen molar-refractivity contribution in [3.8, 4) is 16.9 Å². The molecule has 0 heterocycles. The highest BCUT2D eigenvalue weighted by Gasteiger charge is 2.11. The van der Waals surface area contributed by atoms with Crippen LogP contribution in [0.15, 0.2) is 66.7 Å². The number of hydrogen-bond acceptors (Lipinski definition) is 4. The van der Waals surface area contributed by atoms with Crippen molar-refractivity contribution in [1.82, 2.24) is 4.90 Å². The predicted molar refractivity (Wildman–Crippen MR) is 135 cm³/mol. The van der Waals surface area contributed by atoms with Crippen molar-refractivity contribution < 1.29 is 14.3 Å². The van der Waals surface area contributed by atoms with Crippen LogP contribution in [0.4, 0.5) is 5.69 Å². The van der Waals surface area contributed by atoms with Crippen molar-refractivity contribution in [3.05, 3.63) is 83.4 Å². The van der Waals surface area contributed by atoms with Crippen molar-refractivity contribution >= 4 is 29.9 Å². The number of nitrogens with one attached hydrogen (secondary N) is 1. The maximum Gasteiger partial charge on any atom is 0.255 e. The van der Waals surface area contributed by atoms with Crippen molar-refractivity contribution in [3.63, 3.8) is 0 Å². The number of carbonyl (C=O) groups excluding carboxylic acids is 2. The molecule has 6 nitrogen and oxygen atoms in total. The molecular weight excluding hydrogens is 438 g/mol. The molecule has 0 aliphatic carbocycles. The predicted octanol–water partition coefficient (Wildman–Crippen LogP) is 4.63. The van der Waals surface area contributed by atoms with E-state index in [2.05, 4.69) is 10.2 Å². The quantitative estimate of drug-likeness (QED) is 0.480. The molecule has 0 aliphatic rings. The lowest BCUT2D eigenvalue weighted by Crippen LogP contribution is -2.14. The van der Waals surface area contributed by atoms with Crippen molar-refractivity contribution in [2.45, 2.75) is 12.8 Å². The molecule has 33 heavy (non-hydrogen) atoms. The van der Waals surface area contributed by atoms with E-state index in [4.69, 9.17) is 10.5 Å². The van der Waals surface area contributed by atoms with Gasteiger partial charge in [-0.2, -0.15) is 0 Å². The number of primary amides is 1. The van der Waals surface area contributed by atoms with Gasteiger partial charge in [-0.05, 0) is 92.6 Å². The van der Waals surface area contributed by atoms with Gasteiger partial charge in [-0.1, -0.05) is 24.3 Å². The fraction of sp³-hybridized carbons (Fsp3) is 0.231. The summed E-state index contributed by atoms with van der Waals surface area (Å²) in [5.74, 6) is 0.157. The van der Waals surface area contributed by atoms with E-state index < -0.39 is 5.91 Å². The number of nitrogens with zero attached hydrogens (tertiary/aromatic N) is 1. The molecule has 0 saturated heterocycles. The molecule has 0 spiro atoms. The van der Waals surface area contributed by atoms with Crippen LogP contribution >= 0.6 is 12.4 Å². The maximum atomic E-state index is 12.8. The molecular formula is C26H30ClN3O3. The molecule has 3 rings (SSSR count). The summed E-state index contributed by atoms with van der Waals surface area (Å²) >= 11 is 0. The Labute approximate surface area is 201 Å². The topological polar surface area (TPSA) is 84.7 Å². The molecule has 7 heteroatoms. The number of aryl methyl sites for hydroxylation is 1. The van der Waals surface area contributed by atoms with Gasteiger partial charge in [-0.3, -0.25) is 9.59 Å². The van der Waals surface area contributed by atoms with Gasteiger partial charge in [0, 0.05) is 16.8 Å². The van der Waals surface area contributed by atoms with Crippen molar-refractivity contribution in [2.75, 3.05) is 33.1 Å². The first-order valence-electron chi connectivity index (χ1n) is 10.5. The number of carbonyl (C=O) groups is 2. The number of anilines is 1. The normalized spacial score (nSPS) is 10.4. The van der Waals surface area contributed by atoms with Crippen LogP contribution in [0, 0.1) is 0 Å². The highest BCUT2D eigenvalue weighted by atomic mass is 35.5. The molecule has 0 aliphatic heterocycles. The molecule has 2 amide bonds. The smallest absolute Gasteiger partial charge is 0.255 e. The third kappa shape index (κ3) is 7.07. The first-order chi connectivity index (χ1) is 15.4. The van der Waals surface area contributed by atoms with Gasteiger partial charge < -0.3 is 20.7 Å². The van der Waals surface area contributed by atoms with E-state index in [0.29, 0.717) is 16.8 Å². The Morgan fingerprint density at radius 2 is 1.67 bits per heavy atom. The Kier molecular flexibility index (Phi) is 9.45. The van der Waals surface area contributed by atoms with Crippen LogP contribution in [0.3, 0.4) is 0 Å². The van der Waals surface area contributed by atoms with Gasteiger partial charge >= 0.3 is 0 Å². The average molecular weight is 468 g/mol. The molecule has 174 valence electrons. The summed E-state index contributed by atoms with van der Waals surface area (Å²) in [7, 11) is 5.73. The second kappa shape index (κ2) is 12.0. The number of methoxy groups -OCH3 is 1. The number of halogens is 1. The van der Waals surface area contributed by atoms with Gasteiger partial charge in [-0.15, -0.1) is 12.4 Å². The number of amides is 2. The monoisotopic (exact) mass is 467 g/mol. The third-order valence-corrected chi connectivity index (χ3v) is 5.22. The fourth-order valence-electron chi connectivity index (χ4n) is 3.50. The lowest BCUT2D eigenvalue weighted by atomic mass is 10.0. The van der Waals surface area contributed by atoms with Gasteiger partial charge in [0.25, 0.3) is 5.91 Å². The zero-order chi connectivity index (χ0) is 23.1. The van der Waals surface area contributed by atoms with E-state index in [0.717, 1.165) is 41.8 Å². The Morgan fingerprint density at radius 3 is 2.30 bits per heavy atom. The minimum atomic E-state index is -0.462. The highest BCUT2D eigenvalue weighted by Crippen LogP contribution is 2.24. The Morgan fingerprint density at radius 1 is 0.939 bits per heavy atom. The van der Waals surface area contributed by atoms with Gasteiger partial charge in [0.2, 0.25) is 5.91 Å². The minimum Gasteiger partial charge on any atom is -0.496 e. The van der Waals surface area contributed by atoms with Crippen molar-refractivity contribution in [1.29, 1.82) is 0 Å². The summed E-state index contributed by atoms with van der Waals surface area (Å²) in [4.78, 5) is 26.4. The van der Waals surface area contributed by atoms with Crippen LogP contribution in [0.2, 0.25) is 0 Å². The zero-order valence-corrected chi connectivity index (χ0v) is 19.9. The van der Waals surface area contributed by atoms with Gasteiger partial charge in [0.15, 0.2) is 0 Å². The Balaban J connectivity index is 0.00000385. The lowest BCUT2D eigenvalue weighted by Gasteiger charge is -2.13. The van der Waals surface area contributed by atoms with E-state index in [1.165, 1.54) is 0 Å². The molecule has 3 aromatic carbocycles. The fourth-order valence-corrected chi connectivity index (χ4v) is 3.50. The van der Waals surface area contributed by atoms with Crippen LogP contribution < -0.4 is 15.8 Å². The summed E-state index contributed by atoms with van der Waals surface area (Å²) in [5.41, 5.74) is 9.94. The summed E-state index contributed by atoms with van der Waals surface area (Å²) < 4.78 is 5.46. The van der Waals surface area contributed by atoms with Gasteiger partial charge in [0.05, 0.1) is 7.11 Å². The summed E-state index contributed by atoms with van der Waals surface area (Å²) in [6, 6.07) is 20.1. The van der Waals surface area contributed by atoms with Crippen LogP contribution in [0.25, 0.3) is 11.1 Å². The van der Waals surface area contributed by atoms with Crippen molar-refractivity contribution in [2.24, 2.45) is 5.73 Å². The standard InChI is InChI=1S/C26H29N3O3.ClH/c1-29(2)15-5-8-20-17-22(11-14-24(20)32-3)26(31)28-23-12-9-18(10-13-23)19-6-4-7-21(16-19)25(27)30;/h4,6-7,9-14,16-17H,5,8,15H2,1-3H3,(H2,27,30)(H,28,31);1H. The first kappa shape index (κ1) is 25.9. The van der Waals surface area contributed by atoms with E-state index in [-0.39, 0.29) is 18.3 Å². The number of benzene rings is 3. The molecule has 3 aromatic rings. The molecule has 0 atom stereocenters. The first-order valence-corrected chi connectivity index (χ1v) is 10.5. The second-order valence-electron chi connectivity index (χ2n) is 7.91. The maximum absolute atomic E-state index is 12.8. The van der Waals surface area contributed by atoms with Crippen LogP contribution in [0.5, 0.6) is 5.75 Å². The number of rotatable bonds is 9. The molecule has 0 bridgehead atoms. The van der Waals surface area contributed by atoms with Crippen LogP contribution in [0.1, 0.15) is 32.7 Å². The lowest BCUT2D eigenvalue weighted by molar-refractivity contribution is 0.0997. The number of hydrogen-bond donors (Lipinski definition) is 2. The van der Waals surface area contributed by atoms with E-state index >= 15 is 0 Å². The minimum absolute atomic E-state index is 0. The van der Waals surface area contributed by atoms with Gasteiger partial charge in [-0.25, -0.2) is 0 Å². The number of ether oxygens (including phenoxy) is 1. The molecule has 0 unspecified atom stereocenters. The summed E-state index contributed by atoms with van der Waals surface area (Å²) in [5, 5.41) is 2.94. The summed E-state index contributed by atoms with van der Waals surface area (Å²) in [6.45, 7) is 0.967. The van der Waals surface area contributed by atoms with Gasteiger partial charge in [0.1, 0.15) is 5.75 Å². The van der Waals surface area contributed by atoms with E-state index in [1.807, 2.05) is 56.6 Å². The third-order valence-electron chi connectivity index (χ3n) is 5.22. The highest BCUT2D eigenvalue weighted by molar-refractivity contribution is 6.04. The molecule has 0 saturated carbocycles. The second-order valence-corrected chi connectivity index (χ2v) is 7.91.